The van der Waals surface area contributed by atoms with Crippen molar-refractivity contribution in [3.8, 4) is 0 Å². The Morgan fingerprint density at radius 1 is 1.47 bits per heavy atom. The molecule has 1 atom stereocenters. The minimum atomic E-state index is -0.352. The number of nitro benzene ring substituents is 1. The molecule has 0 heterocycles. The fourth-order valence-corrected chi connectivity index (χ4v) is 1.82. The molecule has 0 aliphatic carbocycles. The van der Waals surface area contributed by atoms with Crippen molar-refractivity contribution in [2.75, 3.05) is 6.54 Å². The van der Waals surface area contributed by atoms with Gasteiger partial charge >= 0.3 is 0 Å². The minimum absolute atomic E-state index is 0.167. The van der Waals surface area contributed by atoms with Crippen molar-refractivity contribution in [2.45, 2.75) is 39.7 Å². The van der Waals surface area contributed by atoms with Crippen LogP contribution in [-0.2, 0) is 6.42 Å². The molecule has 4 nitrogen and oxygen atoms in total. The van der Waals surface area contributed by atoms with E-state index < -0.39 is 0 Å². The van der Waals surface area contributed by atoms with Crippen molar-refractivity contribution in [1.29, 1.82) is 0 Å². The summed E-state index contributed by atoms with van der Waals surface area (Å²) in [6, 6.07) is 5.48. The first-order valence-corrected chi connectivity index (χ1v) is 6.02. The Balaban J connectivity index is 2.69. The zero-order valence-electron chi connectivity index (χ0n) is 10.7. The standard InChI is InChI=1S/C13H20N2O2/c1-4-7-14-11(3)9-12-5-6-13(15(16)17)8-10(12)2/h5-6,8,11,14H,4,7,9H2,1-3H3. The van der Waals surface area contributed by atoms with E-state index in [0.29, 0.717) is 6.04 Å². The van der Waals surface area contributed by atoms with E-state index in [9.17, 15) is 10.1 Å². The Kier molecular flexibility index (Phi) is 5.10. The summed E-state index contributed by atoms with van der Waals surface area (Å²) in [6.45, 7) is 7.20. The van der Waals surface area contributed by atoms with Gasteiger partial charge < -0.3 is 5.32 Å². The van der Waals surface area contributed by atoms with Crippen LogP contribution >= 0.6 is 0 Å². The topological polar surface area (TPSA) is 55.2 Å². The molecule has 0 saturated carbocycles. The third-order valence-corrected chi connectivity index (χ3v) is 2.81. The van der Waals surface area contributed by atoms with Crippen molar-refractivity contribution in [3.05, 3.63) is 39.4 Å². The smallest absolute Gasteiger partial charge is 0.269 e. The van der Waals surface area contributed by atoms with E-state index in [2.05, 4.69) is 19.2 Å². The molecule has 0 aliphatic rings. The van der Waals surface area contributed by atoms with Gasteiger partial charge in [0, 0.05) is 18.2 Å². The first kappa shape index (κ1) is 13.6. The van der Waals surface area contributed by atoms with E-state index in [1.54, 1.807) is 12.1 Å². The van der Waals surface area contributed by atoms with E-state index in [1.807, 2.05) is 13.0 Å². The fraction of sp³-hybridized carbons (Fsp3) is 0.538. The number of rotatable bonds is 6. The molecule has 0 aliphatic heterocycles. The molecule has 1 aromatic carbocycles. The second-order valence-electron chi connectivity index (χ2n) is 4.43. The highest BCUT2D eigenvalue weighted by Crippen LogP contribution is 2.18. The molecule has 0 bridgehead atoms. The highest BCUT2D eigenvalue weighted by molar-refractivity contribution is 5.39. The predicted molar refractivity (Wildman–Crippen MR) is 69.3 cm³/mol. The van der Waals surface area contributed by atoms with Gasteiger partial charge in [0.15, 0.2) is 0 Å². The quantitative estimate of drug-likeness (QED) is 0.610. The van der Waals surface area contributed by atoms with E-state index in [-0.39, 0.29) is 10.6 Å². The molecular weight excluding hydrogens is 216 g/mol. The first-order chi connectivity index (χ1) is 8.04. The maximum Gasteiger partial charge on any atom is 0.269 e. The van der Waals surface area contributed by atoms with Gasteiger partial charge in [0.2, 0.25) is 0 Å². The lowest BCUT2D eigenvalue weighted by molar-refractivity contribution is -0.384. The zero-order chi connectivity index (χ0) is 12.8. The summed E-state index contributed by atoms with van der Waals surface area (Å²) < 4.78 is 0. The normalized spacial score (nSPS) is 12.4. The lowest BCUT2D eigenvalue weighted by atomic mass is 10.0. The van der Waals surface area contributed by atoms with Crippen LogP contribution in [0.15, 0.2) is 18.2 Å². The molecule has 0 saturated heterocycles. The number of hydrogen-bond acceptors (Lipinski definition) is 3. The number of aryl methyl sites for hydroxylation is 1. The highest BCUT2D eigenvalue weighted by atomic mass is 16.6. The second-order valence-corrected chi connectivity index (χ2v) is 4.43. The van der Waals surface area contributed by atoms with E-state index in [0.717, 1.165) is 24.9 Å². The van der Waals surface area contributed by atoms with Gasteiger partial charge in [-0.25, -0.2) is 0 Å². The third-order valence-electron chi connectivity index (χ3n) is 2.81. The summed E-state index contributed by atoms with van der Waals surface area (Å²) in [5.41, 5.74) is 2.33. The molecule has 1 N–H and O–H groups in total. The summed E-state index contributed by atoms with van der Waals surface area (Å²) in [6.07, 6.45) is 2.02. The van der Waals surface area contributed by atoms with E-state index in [1.165, 1.54) is 5.56 Å². The number of hydrogen-bond donors (Lipinski definition) is 1. The molecule has 0 radical (unpaired) electrons. The van der Waals surface area contributed by atoms with Gasteiger partial charge in [0.1, 0.15) is 0 Å². The largest absolute Gasteiger partial charge is 0.314 e. The lowest BCUT2D eigenvalue weighted by Crippen LogP contribution is -2.28. The first-order valence-electron chi connectivity index (χ1n) is 6.02. The van der Waals surface area contributed by atoms with Gasteiger partial charge in [-0.1, -0.05) is 13.0 Å². The number of nitrogens with zero attached hydrogens (tertiary/aromatic N) is 1. The van der Waals surface area contributed by atoms with Crippen molar-refractivity contribution < 1.29 is 4.92 Å². The van der Waals surface area contributed by atoms with Crippen molar-refractivity contribution in [1.82, 2.24) is 5.32 Å². The number of nitrogens with one attached hydrogen (secondary N) is 1. The Bertz CT molecular complexity index is 391. The Labute approximate surface area is 102 Å². The Hall–Kier alpha value is -1.42. The van der Waals surface area contributed by atoms with Crippen molar-refractivity contribution >= 4 is 5.69 Å². The Morgan fingerprint density at radius 3 is 2.71 bits per heavy atom. The van der Waals surface area contributed by atoms with E-state index >= 15 is 0 Å². The molecule has 0 amide bonds. The SMILES string of the molecule is CCCNC(C)Cc1ccc([N+](=O)[O-])cc1C. The zero-order valence-corrected chi connectivity index (χ0v) is 10.7. The third kappa shape index (κ3) is 4.15. The highest BCUT2D eigenvalue weighted by Gasteiger charge is 2.10. The van der Waals surface area contributed by atoms with Crippen LogP contribution in [0.4, 0.5) is 5.69 Å². The molecule has 1 rings (SSSR count). The molecule has 0 fully saturated rings. The average molecular weight is 236 g/mol. The number of non-ortho nitro benzene ring substituents is 1. The van der Waals surface area contributed by atoms with Crippen LogP contribution in [0.5, 0.6) is 0 Å². The van der Waals surface area contributed by atoms with Gasteiger partial charge in [-0.3, -0.25) is 10.1 Å². The number of nitro groups is 1. The predicted octanol–water partition coefficient (Wildman–Crippen LogP) is 2.83. The van der Waals surface area contributed by atoms with Crippen LogP contribution < -0.4 is 5.32 Å². The summed E-state index contributed by atoms with van der Waals surface area (Å²) in [5, 5.41) is 14.0. The summed E-state index contributed by atoms with van der Waals surface area (Å²) in [7, 11) is 0. The molecule has 1 aromatic rings. The van der Waals surface area contributed by atoms with Gasteiger partial charge in [0.25, 0.3) is 5.69 Å². The monoisotopic (exact) mass is 236 g/mol. The molecule has 4 heteroatoms. The van der Waals surface area contributed by atoms with Crippen LogP contribution in [-0.4, -0.2) is 17.5 Å². The molecule has 0 spiro atoms. The molecule has 1 unspecified atom stereocenters. The molecule has 0 aromatic heterocycles. The van der Waals surface area contributed by atoms with Gasteiger partial charge in [-0.15, -0.1) is 0 Å². The van der Waals surface area contributed by atoms with Crippen LogP contribution in [0, 0.1) is 17.0 Å². The number of benzene rings is 1. The van der Waals surface area contributed by atoms with Gasteiger partial charge in [-0.2, -0.15) is 0 Å². The summed E-state index contributed by atoms with van der Waals surface area (Å²) in [5.74, 6) is 0. The van der Waals surface area contributed by atoms with Gasteiger partial charge in [-0.05, 0) is 44.4 Å². The minimum Gasteiger partial charge on any atom is -0.314 e. The molecule has 17 heavy (non-hydrogen) atoms. The maximum atomic E-state index is 10.6. The average Bonchev–Trinajstić information content (AvgIpc) is 2.28. The van der Waals surface area contributed by atoms with Gasteiger partial charge in [0.05, 0.1) is 4.92 Å². The summed E-state index contributed by atoms with van der Waals surface area (Å²) >= 11 is 0. The van der Waals surface area contributed by atoms with Crippen molar-refractivity contribution in [3.63, 3.8) is 0 Å². The molecular formula is C13H20N2O2. The van der Waals surface area contributed by atoms with Crippen LogP contribution in [0.1, 0.15) is 31.4 Å². The lowest BCUT2D eigenvalue weighted by Gasteiger charge is -2.14. The van der Waals surface area contributed by atoms with Crippen LogP contribution in [0.2, 0.25) is 0 Å². The van der Waals surface area contributed by atoms with Crippen molar-refractivity contribution in [2.24, 2.45) is 0 Å². The Morgan fingerprint density at radius 2 is 2.18 bits per heavy atom. The maximum absolute atomic E-state index is 10.6. The second kappa shape index (κ2) is 6.35. The molecule has 94 valence electrons. The van der Waals surface area contributed by atoms with E-state index in [4.69, 9.17) is 0 Å². The summed E-state index contributed by atoms with van der Waals surface area (Å²) in [4.78, 5) is 10.3. The van der Waals surface area contributed by atoms with Crippen LogP contribution in [0.3, 0.4) is 0 Å². The fourth-order valence-electron chi connectivity index (χ4n) is 1.82. The van der Waals surface area contributed by atoms with Crippen LogP contribution in [0.25, 0.3) is 0 Å².